The number of aromatic hydroxyl groups is 1. The highest BCUT2D eigenvalue weighted by atomic mass is 16.6. The average Bonchev–Trinajstić information content (AvgIpc) is 2.66. The van der Waals surface area contributed by atoms with Crippen molar-refractivity contribution in [3.8, 4) is 28.4 Å². The molecule has 8 heteroatoms. The summed E-state index contributed by atoms with van der Waals surface area (Å²) in [7, 11) is 3.21. The van der Waals surface area contributed by atoms with Crippen molar-refractivity contribution in [1.29, 1.82) is 0 Å². The standard InChI is InChI=1S/C20H23N3O5/c1-20(2,19(26)23(3)4)22-18(25)17-14(24)9-13(11-21-17)12-5-6-15-16(10-12)28-8-7-27-15/h5-6,9-11,24H,7-8H2,1-4H3,(H,22,25). The van der Waals surface area contributed by atoms with E-state index in [1.54, 1.807) is 40.1 Å². The fourth-order valence-electron chi connectivity index (χ4n) is 2.96. The van der Waals surface area contributed by atoms with E-state index in [0.717, 1.165) is 5.56 Å². The lowest BCUT2D eigenvalue weighted by atomic mass is 10.0. The Morgan fingerprint density at radius 2 is 1.79 bits per heavy atom. The van der Waals surface area contributed by atoms with E-state index in [9.17, 15) is 14.7 Å². The van der Waals surface area contributed by atoms with Crippen LogP contribution in [0.3, 0.4) is 0 Å². The van der Waals surface area contributed by atoms with Crippen LogP contribution in [0.5, 0.6) is 17.2 Å². The number of rotatable bonds is 4. The smallest absolute Gasteiger partial charge is 0.274 e. The molecule has 1 aromatic heterocycles. The summed E-state index contributed by atoms with van der Waals surface area (Å²) in [5, 5.41) is 12.9. The minimum absolute atomic E-state index is 0.152. The summed E-state index contributed by atoms with van der Waals surface area (Å²) >= 11 is 0. The van der Waals surface area contributed by atoms with Crippen LogP contribution in [0, 0.1) is 0 Å². The normalized spacial score (nSPS) is 13.0. The van der Waals surface area contributed by atoms with Gasteiger partial charge in [-0.1, -0.05) is 6.07 Å². The van der Waals surface area contributed by atoms with Crippen molar-refractivity contribution < 1.29 is 24.2 Å². The fraction of sp³-hybridized carbons (Fsp3) is 0.350. The lowest BCUT2D eigenvalue weighted by Crippen LogP contribution is -2.54. The quantitative estimate of drug-likeness (QED) is 0.833. The molecule has 0 spiro atoms. The van der Waals surface area contributed by atoms with Crippen LogP contribution in [0.2, 0.25) is 0 Å². The van der Waals surface area contributed by atoms with Crippen LogP contribution in [0.1, 0.15) is 24.3 Å². The van der Waals surface area contributed by atoms with Gasteiger partial charge in [0.2, 0.25) is 5.91 Å². The van der Waals surface area contributed by atoms with Crippen LogP contribution in [0.15, 0.2) is 30.5 Å². The number of likely N-dealkylation sites (N-methyl/N-ethyl adjacent to an activating group) is 1. The van der Waals surface area contributed by atoms with Crippen LogP contribution >= 0.6 is 0 Å². The molecule has 0 saturated heterocycles. The van der Waals surface area contributed by atoms with E-state index in [-0.39, 0.29) is 17.4 Å². The lowest BCUT2D eigenvalue weighted by Gasteiger charge is -2.28. The molecule has 0 atom stereocenters. The van der Waals surface area contributed by atoms with Crippen molar-refractivity contribution in [1.82, 2.24) is 15.2 Å². The number of amides is 2. The SMILES string of the molecule is CN(C)C(=O)C(C)(C)NC(=O)c1ncc(-c2ccc3c(c2)OCCO3)cc1O. The van der Waals surface area contributed by atoms with Crippen LogP contribution in [-0.4, -0.2) is 59.7 Å². The van der Waals surface area contributed by atoms with Gasteiger partial charge in [-0.25, -0.2) is 4.98 Å². The fourth-order valence-corrected chi connectivity index (χ4v) is 2.96. The summed E-state index contributed by atoms with van der Waals surface area (Å²) in [5.74, 6) is 0.0997. The molecule has 0 radical (unpaired) electrons. The van der Waals surface area contributed by atoms with Gasteiger partial charge in [0.05, 0.1) is 0 Å². The highest BCUT2D eigenvalue weighted by Crippen LogP contribution is 2.35. The molecule has 0 saturated carbocycles. The van der Waals surface area contributed by atoms with Crippen molar-refractivity contribution in [2.75, 3.05) is 27.3 Å². The van der Waals surface area contributed by atoms with E-state index >= 15 is 0 Å². The first-order chi connectivity index (χ1) is 13.2. The molecular weight excluding hydrogens is 362 g/mol. The van der Waals surface area contributed by atoms with Crippen molar-refractivity contribution >= 4 is 11.8 Å². The van der Waals surface area contributed by atoms with Crippen LogP contribution in [0.25, 0.3) is 11.1 Å². The highest BCUT2D eigenvalue weighted by molar-refractivity contribution is 5.99. The van der Waals surface area contributed by atoms with Crippen molar-refractivity contribution in [3.63, 3.8) is 0 Å². The molecule has 0 aliphatic carbocycles. The summed E-state index contributed by atoms with van der Waals surface area (Å²) in [5.41, 5.74) is 0.0983. The molecule has 1 aliphatic heterocycles. The lowest BCUT2D eigenvalue weighted by molar-refractivity contribution is -0.134. The monoisotopic (exact) mass is 385 g/mol. The minimum Gasteiger partial charge on any atom is -0.505 e. The maximum absolute atomic E-state index is 12.5. The van der Waals surface area contributed by atoms with Crippen molar-refractivity contribution in [2.45, 2.75) is 19.4 Å². The number of hydrogen-bond acceptors (Lipinski definition) is 6. The Morgan fingerprint density at radius 3 is 2.43 bits per heavy atom. The Hall–Kier alpha value is -3.29. The Kier molecular flexibility index (Phi) is 5.13. The average molecular weight is 385 g/mol. The van der Waals surface area contributed by atoms with E-state index in [1.165, 1.54) is 17.2 Å². The zero-order chi connectivity index (χ0) is 20.5. The number of nitrogens with zero attached hydrogens (tertiary/aromatic N) is 2. The Morgan fingerprint density at radius 1 is 1.11 bits per heavy atom. The van der Waals surface area contributed by atoms with Gasteiger partial charge in [0.1, 0.15) is 24.5 Å². The van der Waals surface area contributed by atoms with Gasteiger partial charge in [-0.3, -0.25) is 9.59 Å². The summed E-state index contributed by atoms with van der Waals surface area (Å²) in [4.78, 5) is 30.2. The number of nitrogens with one attached hydrogen (secondary N) is 1. The third kappa shape index (κ3) is 3.85. The second-order valence-electron chi connectivity index (χ2n) is 7.23. The van der Waals surface area contributed by atoms with Crippen LogP contribution < -0.4 is 14.8 Å². The topological polar surface area (TPSA) is 101 Å². The molecule has 1 aromatic carbocycles. The van der Waals surface area contributed by atoms with Crippen LogP contribution in [0.4, 0.5) is 0 Å². The van der Waals surface area contributed by atoms with Gasteiger partial charge in [-0.2, -0.15) is 0 Å². The van der Waals surface area contributed by atoms with Gasteiger partial charge in [0.15, 0.2) is 17.2 Å². The predicted molar refractivity (Wildman–Crippen MR) is 103 cm³/mol. The Labute approximate surface area is 163 Å². The van der Waals surface area contributed by atoms with E-state index in [0.29, 0.717) is 30.3 Å². The molecular formula is C20H23N3O5. The molecule has 3 rings (SSSR count). The highest BCUT2D eigenvalue weighted by Gasteiger charge is 2.32. The number of benzene rings is 1. The summed E-state index contributed by atoms with van der Waals surface area (Å²) in [6.07, 6.45) is 1.49. The Bertz CT molecular complexity index is 924. The molecule has 148 valence electrons. The molecule has 2 amide bonds. The zero-order valence-electron chi connectivity index (χ0n) is 16.3. The minimum atomic E-state index is -1.14. The summed E-state index contributed by atoms with van der Waals surface area (Å²) < 4.78 is 11.1. The summed E-state index contributed by atoms with van der Waals surface area (Å²) in [6, 6.07) is 6.86. The van der Waals surface area contributed by atoms with Gasteiger partial charge in [-0.05, 0) is 37.6 Å². The van der Waals surface area contributed by atoms with E-state index in [4.69, 9.17) is 9.47 Å². The second kappa shape index (κ2) is 7.38. The number of aromatic nitrogens is 1. The van der Waals surface area contributed by atoms with E-state index < -0.39 is 11.4 Å². The first kappa shape index (κ1) is 19.5. The van der Waals surface area contributed by atoms with Gasteiger partial charge in [0.25, 0.3) is 5.91 Å². The van der Waals surface area contributed by atoms with Crippen molar-refractivity contribution in [3.05, 3.63) is 36.2 Å². The summed E-state index contributed by atoms with van der Waals surface area (Å²) in [6.45, 7) is 4.16. The van der Waals surface area contributed by atoms with Gasteiger partial charge in [0, 0.05) is 25.9 Å². The third-order valence-electron chi connectivity index (χ3n) is 4.33. The first-order valence-electron chi connectivity index (χ1n) is 8.82. The largest absolute Gasteiger partial charge is 0.505 e. The maximum atomic E-state index is 12.5. The first-order valence-corrected chi connectivity index (χ1v) is 8.82. The third-order valence-corrected chi connectivity index (χ3v) is 4.33. The van der Waals surface area contributed by atoms with E-state index in [2.05, 4.69) is 10.3 Å². The van der Waals surface area contributed by atoms with E-state index in [1.807, 2.05) is 6.07 Å². The number of pyridine rings is 1. The molecule has 2 aromatic rings. The van der Waals surface area contributed by atoms with Gasteiger partial charge < -0.3 is 24.8 Å². The molecule has 2 heterocycles. The number of hydrogen-bond donors (Lipinski definition) is 2. The predicted octanol–water partition coefficient (Wildman–Crippen LogP) is 1.82. The molecule has 0 unspecified atom stereocenters. The van der Waals surface area contributed by atoms with Gasteiger partial charge >= 0.3 is 0 Å². The molecule has 2 N–H and O–H groups in total. The number of carbonyl (C=O) groups excluding carboxylic acids is 2. The molecule has 0 bridgehead atoms. The van der Waals surface area contributed by atoms with Crippen LogP contribution in [-0.2, 0) is 4.79 Å². The molecule has 28 heavy (non-hydrogen) atoms. The number of fused-ring (bicyclic) bond motifs is 1. The number of ether oxygens (including phenoxy) is 2. The molecule has 1 aliphatic rings. The second-order valence-corrected chi connectivity index (χ2v) is 7.23. The molecule has 0 fully saturated rings. The Balaban J connectivity index is 1.82. The molecule has 8 nitrogen and oxygen atoms in total. The van der Waals surface area contributed by atoms with Gasteiger partial charge in [-0.15, -0.1) is 0 Å². The van der Waals surface area contributed by atoms with Crippen molar-refractivity contribution in [2.24, 2.45) is 0 Å². The zero-order valence-corrected chi connectivity index (χ0v) is 16.3. The maximum Gasteiger partial charge on any atom is 0.274 e. The number of carbonyl (C=O) groups is 2.